The van der Waals surface area contributed by atoms with Crippen LogP contribution in [-0.4, -0.2) is 36.9 Å². The third kappa shape index (κ3) is 6.19. The fraction of sp³-hybridized carbons (Fsp3) is 0.429. The topological polar surface area (TPSA) is 87.7 Å². The van der Waals surface area contributed by atoms with Gasteiger partial charge in [0.1, 0.15) is 0 Å². The van der Waals surface area contributed by atoms with Crippen molar-refractivity contribution in [2.75, 3.05) is 19.8 Å². The number of aliphatic carboxylic acids is 1. The second kappa shape index (κ2) is 8.92. The molecule has 6 heteroatoms. The first-order valence-electron chi connectivity index (χ1n) is 6.52. The molecule has 0 saturated carbocycles. The van der Waals surface area contributed by atoms with Crippen LogP contribution >= 0.6 is 0 Å². The van der Waals surface area contributed by atoms with E-state index in [1.54, 1.807) is 24.3 Å². The largest absolute Gasteiger partial charge is 0.481 e. The third-order valence-electron chi connectivity index (χ3n) is 2.62. The fourth-order valence-corrected chi connectivity index (χ4v) is 1.70. The number of carbonyl (C=O) groups is 2. The van der Waals surface area contributed by atoms with Crippen molar-refractivity contribution in [3.8, 4) is 0 Å². The number of benzene rings is 1. The lowest BCUT2D eigenvalue weighted by Gasteiger charge is -2.17. The van der Waals surface area contributed by atoms with Crippen LogP contribution in [0.15, 0.2) is 30.3 Å². The number of hydrogen-bond acceptors (Lipinski definition) is 3. The molecule has 0 fully saturated rings. The van der Waals surface area contributed by atoms with Crippen LogP contribution in [0.4, 0.5) is 4.79 Å². The predicted molar refractivity (Wildman–Crippen MR) is 74.5 cm³/mol. The number of hydrogen-bond donors (Lipinski definition) is 3. The van der Waals surface area contributed by atoms with Gasteiger partial charge in [0.15, 0.2) is 0 Å². The van der Waals surface area contributed by atoms with Crippen LogP contribution in [-0.2, 0) is 9.53 Å². The molecule has 1 rings (SSSR count). The minimum Gasteiger partial charge on any atom is -0.481 e. The van der Waals surface area contributed by atoms with Crippen molar-refractivity contribution in [3.63, 3.8) is 0 Å². The molecular formula is C14H20N2O4. The molecule has 0 aliphatic rings. The first-order chi connectivity index (χ1) is 9.63. The molecule has 0 radical (unpaired) electrons. The Bertz CT molecular complexity index is 422. The second-order valence-electron chi connectivity index (χ2n) is 4.16. The van der Waals surface area contributed by atoms with Crippen LogP contribution < -0.4 is 10.6 Å². The van der Waals surface area contributed by atoms with E-state index in [-0.39, 0.29) is 6.42 Å². The summed E-state index contributed by atoms with van der Waals surface area (Å²) in [4.78, 5) is 22.6. The number of ether oxygens (including phenoxy) is 1. The second-order valence-corrected chi connectivity index (χ2v) is 4.16. The summed E-state index contributed by atoms with van der Waals surface area (Å²) in [7, 11) is 0. The summed E-state index contributed by atoms with van der Waals surface area (Å²) in [5, 5.41) is 14.2. The molecule has 0 aliphatic carbocycles. The van der Waals surface area contributed by atoms with Gasteiger partial charge in [0, 0.05) is 13.2 Å². The van der Waals surface area contributed by atoms with Crippen molar-refractivity contribution < 1.29 is 19.4 Å². The molecule has 1 aromatic rings. The monoisotopic (exact) mass is 280 g/mol. The number of nitrogens with one attached hydrogen (secondary N) is 2. The third-order valence-corrected chi connectivity index (χ3v) is 2.62. The molecule has 0 bridgehead atoms. The van der Waals surface area contributed by atoms with Gasteiger partial charge >= 0.3 is 12.0 Å². The van der Waals surface area contributed by atoms with E-state index in [2.05, 4.69) is 10.6 Å². The normalized spacial score (nSPS) is 11.7. The van der Waals surface area contributed by atoms with Crippen LogP contribution in [0.3, 0.4) is 0 Å². The minimum atomic E-state index is -0.964. The van der Waals surface area contributed by atoms with Gasteiger partial charge in [-0.2, -0.15) is 0 Å². The lowest BCUT2D eigenvalue weighted by Crippen LogP contribution is -2.40. The first kappa shape index (κ1) is 16.0. The summed E-state index contributed by atoms with van der Waals surface area (Å²) >= 11 is 0. The van der Waals surface area contributed by atoms with E-state index in [0.29, 0.717) is 19.8 Å². The average Bonchev–Trinajstić information content (AvgIpc) is 2.43. The quantitative estimate of drug-likeness (QED) is 0.630. The summed E-state index contributed by atoms with van der Waals surface area (Å²) in [6, 6.07) is 8.06. The number of urea groups is 1. The Morgan fingerprint density at radius 1 is 1.30 bits per heavy atom. The van der Waals surface area contributed by atoms with E-state index in [9.17, 15) is 9.59 Å². The van der Waals surface area contributed by atoms with Crippen molar-refractivity contribution in [2.45, 2.75) is 19.4 Å². The van der Waals surface area contributed by atoms with Crippen molar-refractivity contribution in [1.82, 2.24) is 10.6 Å². The summed E-state index contributed by atoms with van der Waals surface area (Å²) in [6.07, 6.45) is -0.164. The number of carboxylic acid groups (broad SMARTS) is 1. The van der Waals surface area contributed by atoms with Crippen LogP contribution in [0.1, 0.15) is 24.9 Å². The highest BCUT2D eigenvalue weighted by atomic mass is 16.5. The van der Waals surface area contributed by atoms with Gasteiger partial charge in [-0.15, -0.1) is 0 Å². The summed E-state index contributed by atoms with van der Waals surface area (Å²) in [5.41, 5.74) is 0.759. The molecule has 6 nitrogen and oxygen atoms in total. The number of carboxylic acids is 1. The Morgan fingerprint density at radius 2 is 2.00 bits per heavy atom. The number of carbonyl (C=O) groups excluding carboxylic acids is 1. The molecule has 0 saturated heterocycles. The molecule has 110 valence electrons. The van der Waals surface area contributed by atoms with Gasteiger partial charge in [-0.3, -0.25) is 4.79 Å². The smallest absolute Gasteiger partial charge is 0.315 e. The van der Waals surface area contributed by atoms with Gasteiger partial charge in [0.2, 0.25) is 0 Å². The van der Waals surface area contributed by atoms with Gasteiger partial charge in [0.05, 0.1) is 19.1 Å². The zero-order chi connectivity index (χ0) is 14.8. The Balaban J connectivity index is 2.52. The molecule has 1 atom stereocenters. The number of rotatable bonds is 8. The van der Waals surface area contributed by atoms with Crippen LogP contribution in [0, 0.1) is 0 Å². The van der Waals surface area contributed by atoms with Crippen molar-refractivity contribution in [3.05, 3.63) is 35.9 Å². The predicted octanol–water partition coefficient (Wildman–Crippen LogP) is 1.54. The molecule has 0 heterocycles. The van der Waals surface area contributed by atoms with Gasteiger partial charge in [0.25, 0.3) is 0 Å². The molecule has 0 spiro atoms. The van der Waals surface area contributed by atoms with Crippen molar-refractivity contribution in [2.24, 2.45) is 0 Å². The molecular weight excluding hydrogens is 260 g/mol. The SMILES string of the molecule is CCOCCNC(=O)NC(CC(=O)O)c1ccccc1. The van der Waals surface area contributed by atoms with E-state index >= 15 is 0 Å². The van der Waals surface area contributed by atoms with Crippen molar-refractivity contribution >= 4 is 12.0 Å². The van der Waals surface area contributed by atoms with E-state index in [1.165, 1.54) is 0 Å². The Hall–Kier alpha value is -2.08. The molecule has 1 aromatic carbocycles. The van der Waals surface area contributed by atoms with Crippen molar-refractivity contribution in [1.29, 1.82) is 0 Å². The van der Waals surface area contributed by atoms with E-state index in [1.807, 2.05) is 13.0 Å². The summed E-state index contributed by atoms with van der Waals surface area (Å²) in [6.45, 7) is 3.28. The number of amides is 2. The van der Waals surface area contributed by atoms with Crippen LogP contribution in [0.5, 0.6) is 0 Å². The molecule has 20 heavy (non-hydrogen) atoms. The lowest BCUT2D eigenvalue weighted by molar-refractivity contribution is -0.137. The molecule has 0 aromatic heterocycles. The highest BCUT2D eigenvalue weighted by Gasteiger charge is 2.17. The standard InChI is InChI=1S/C14H20N2O4/c1-2-20-9-8-15-14(19)16-12(10-13(17)18)11-6-4-3-5-7-11/h3-7,12H,2,8-10H2,1H3,(H,17,18)(H2,15,16,19). The zero-order valence-electron chi connectivity index (χ0n) is 11.5. The maximum absolute atomic E-state index is 11.7. The Labute approximate surface area is 118 Å². The van der Waals surface area contributed by atoms with Gasteiger partial charge in [-0.25, -0.2) is 4.79 Å². The Morgan fingerprint density at radius 3 is 2.60 bits per heavy atom. The van der Waals surface area contributed by atoms with E-state index in [4.69, 9.17) is 9.84 Å². The molecule has 2 amide bonds. The van der Waals surface area contributed by atoms with Gasteiger partial charge in [-0.05, 0) is 12.5 Å². The maximum atomic E-state index is 11.7. The lowest BCUT2D eigenvalue weighted by atomic mass is 10.0. The zero-order valence-corrected chi connectivity index (χ0v) is 11.5. The fourth-order valence-electron chi connectivity index (χ4n) is 1.70. The van der Waals surface area contributed by atoms with E-state index in [0.717, 1.165) is 5.56 Å². The minimum absolute atomic E-state index is 0.164. The highest BCUT2D eigenvalue weighted by molar-refractivity contribution is 5.76. The molecule has 0 aliphatic heterocycles. The molecule has 1 unspecified atom stereocenters. The van der Waals surface area contributed by atoms with E-state index < -0.39 is 18.0 Å². The molecule has 3 N–H and O–H groups in total. The summed E-state index contributed by atoms with van der Waals surface area (Å²) in [5.74, 6) is -0.964. The van der Waals surface area contributed by atoms with Crippen LogP contribution in [0.25, 0.3) is 0 Å². The van der Waals surface area contributed by atoms with Gasteiger partial charge < -0.3 is 20.5 Å². The Kier molecular flexibility index (Phi) is 7.13. The maximum Gasteiger partial charge on any atom is 0.315 e. The first-order valence-corrected chi connectivity index (χ1v) is 6.52. The van der Waals surface area contributed by atoms with Gasteiger partial charge in [-0.1, -0.05) is 30.3 Å². The van der Waals surface area contributed by atoms with Crippen LogP contribution in [0.2, 0.25) is 0 Å². The highest BCUT2D eigenvalue weighted by Crippen LogP contribution is 2.16. The average molecular weight is 280 g/mol. The summed E-state index contributed by atoms with van der Waals surface area (Å²) < 4.78 is 5.10.